The number of nitrogens with zero attached hydrogens (tertiary/aromatic N) is 3. The van der Waals surface area contributed by atoms with Gasteiger partial charge in [0.1, 0.15) is 0 Å². The minimum Gasteiger partial charge on any atom is -0.208 e. The smallest absolute Gasteiger partial charge is 0.164 e. The Bertz CT molecular complexity index is 2180. The summed E-state index contributed by atoms with van der Waals surface area (Å²) in [6.07, 6.45) is 19.7. The summed E-state index contributed by atoms with van der Waals surface area (Å²) in [7, 11) is 0. The lowest BCUT2D eigenvalue weighted by molar-refractivity contribution is 1.00. The lowest BCUT2D eigenvalue weighted by Crippen LogP contribution is -2.04. The summed E-state index contributed by atoms with van der Waals surface area (Å²) in [5.74, 6) is 1.79. The molecule has 234 valence electrons. The second-order valence-electron chi connectivity index (χ2n) is 11.2. The summed E-state index contributed by atoms with van der Waals surface area (Å²) in [4.78, 5) is 15.1. The van der Waals surface area contributed by atoms with E-state index in [4.69, 9.17) is 15.0 Å². The Balaban J connectivity index is 1.83. The number of hydrogen-bond acceptors (Lipinski definition) is 4. The van der Waals surface area contributed by atoms with Crippen molar-refractivity contribution in [3.63, 3.8) is 0 Å². The van der Waals surface area contributed by atoms with Crippen molar-refractivity contribution in [1.82, 2.24) is 15.0 Å². The normalized spacial score (nSPS) is 13.4. The van der Waals surface area contributed by atoms with E-state index in [0.717, 1.165) is 22.1 Å². The number of aryl methyl sites for hydroxylation is 1. The van der Waals surface area contributed by atoms with Gasteiger partial charge in [-0.2, -0.15) is 0 Å². The molecule has 0 N–H and O–H groups in total. The first-order valence-corrected chi connectivity index (χ1v) is 16.7. The van der Waals surface area contributed by atoms with E-state index in [1.54, 1.807) is 12.2 Å². The fourth-order valence-corrected chi connectivity index (χ4v) is 7.00. The van der Waals surface area contributed by atoms with Crippen molar-refractivity contribution in [2.75, 3.05) is 0 Å². The van der Waals surface area contributed by atoms with E-state index in [-0.39, 0.29) is 0 Å². The van der Waals surface area contributed by atoms with Gasteiger partial charge in [0.2, 0.25) is 0 Å². The Kier molecular flexibility index (Phi) is 10.5. The molecule has 0 unspecified atom stereocenters. The molecule has 0 bridgehead atoms. The highest BCUT2D eigenvalue weighted by Gasteiger charge is 2.20. The molecule has 0 aliphatic heterocycles. The molecule has 0 radical (unpaired) electrons. The number of hydrogen-bond donors (Lipinski definition) is 0. The van der Waals surface area contributed by atoms with Gasteiger partial charge in [0, 0.05) is 36.9 Å². The Morgan fingerprint density at radius 3 is 2.21 bits per heavy atom. The quantitative estimate of drug-likeness (QED) is 0.144. The molecule has 0 saturated carbocycles. The van der Waals surface area contributed by atoms with Gasteiger partial charge in [0.05, 0.1) is 0 Å². The Hall–Kier alpha value is -5.19. The molecule has 0 aliphatic carbocycles. The van der Waals surface area contributed by atoms with Gasteiger partial charge in [-0.15, -0.1) is 11.3 Å². The van der Waals surface area contributed by atoms with E-state index in [1.807, 2.05) is 61.6 Å². The molecule has 3 aromatic carbocycles. The van der Waals surface area contributed by atoms with Gasteiger partial charge in [-0.1, -0.05) is 110 Å². The predicted octanol–water partition coefficient (Wildman–Crippen LogP) is 12.5. The number of allylic oxidation sites excluding steroid dienone is 14. The molecule has 47 heavy (non-hydrogen) atoms. The number of aromatic nitrogens is 3. The van der Waals surface area contributed by atoms with Crippen molar-refractivity contribution in [1.29, 1.82) is 0 Å². The molecule has 5 aromatic rings. The van der Waals surface area contributed by atoms with Crippen molar-refractivity contribution in [3.8, 4) is 22.5 Å². The van der Waals surface area contributed by atoms with Crippen molar-refractivity contribution in [3.05, 3.63) is 157 Å². The molecule has 0 saturated heterocycles. The van der Waals surface area contributed by atoms with Crippen LogP contribution in [0.1, 0.15) is 57.4 Å². The number of thiophene rings is 1. The van der Waals surface area contributed by atoms with Crippen LogP contribution in [0.25, 0.3) is 59.4 Å². The van der Waals surface area contributed by atoms with Gasteiger partial charge in [0.25, 0.3) is 0 Å². The van der Waals surface area contributed by atoms with Gasteiger partial charge in [0.15, 0.2) is 17.5 Å². The zero-order valence-electron chi connectivity index (χ0n) is 28.1. The first-order chi connectivity index (χ1) is 22.9. The zero-order chi connectivity index (χ0) is 33.5. The third-order valence-electron chi connectivity index (χ3n) is 8.32. The van der Waals surface area contributed by atoms with E-state index >= 15 is 0 Å². The summed E-state index contributed by atoms with van der Waals surface area (Å²) in [6.45, 7) is 20.5. The zero-order valence-corrected chi connectivity index (χ0v) is 29.0. The topological polar surface area (TPSA) is 38.7 Å². The van der Waals surface area contributed by atoms with Crippen LogP contribution in [0.5, 0.6) is 0 Å². The molecule has 5 rings (SSSR count). The molecule has 0 spiro atoms. The summed E-state index contributed by atoms with van der Waals surface area (Å²) >= 11 is 1.81. The first-order valence-electron chi connectivity index (χ1n) is 15.9. The average Bonchev–Trinajstić information content (AvgIpc) is 3.49. The van der Waals surface area contributed by atoms with E-state index in [2.05, 4.69) is 108 Å². The molecule has 3 nitrogen and oxygen atoms in total. The Morgan fingerprint density at radius 1 is 0.787 bits per heavy atom. The van der Waals surface area contributed by atoms with Gasteiger partial charge in [-0.05, 0) is 93.1 Å². The molecule has 2 heterocycles. The number of fused-ring (bicyclic) bond motifs is 3. The van der Waals surface area contributed by atoms with Crippen molar-refractivity contribution in [2.45, 2.75) is 41.5 Å². The minimum atomic E-state index is 0.572. The largest absolute Gasteiger partial charge is 0.208 e. The van der Waals surface area contributed by atoms with Crippen LogP contribution in [-0.4, -0.2) is 15.0 Å². The average molecular weight is 632 g/mol. The fraction of sp³-hybridized carbons (Fsp3) is 0.140. The number of rotatable bonds is 10. The highest BCUT2D eigenvalue weighted by atomic mass is 32.1. The fourth-order valence-electron chi connectivity index (χ4n) is 5.73. The maximum absolute atomic E-state index is 5.09. The van der Waals surface area contributed by atoms with Crippen LogP contribution < -0.4 is 0 Å². The Labute approximate surface area is 283 Å². The maximum Gasteiger partial charge on any atom is 0.164 e. The van der Waals surface area contributed by atoms with E-state index < -0.39 is 0 Å². The SMILES string of the molecule is C=C/C=C\C(=C/C)c1nc(/C(C=C)=C/C=C\C)nc(-c2ccc(-c3ccc(C)c(C(=C/C)/C(C)=C\C)c3)c3sc4ccccc4c23)n1. The van der Waals surface area contributed by atoms with E-state index in [0.29, 0.717) is 17.5 Å². The van der Waals surface area contributed by atoms with Gasteiger partial charge in [-0.3, -0.25) is 0 Å². The van der Waals surface area contributed by atoms with Crippen LogP contribution >= 0.6 is 11.3 Å². The molecule has 4 heteroatoms. The van der Waals surface area contributed by atoms with Crippen molar-refractivity contribution >= 4 is 48.2 Å². The Morgan fingerprint density at radius 2 is 1.53 bits per heavy atom. The van der Waals surface area contributed by atoms with E-state index in [1.165, 1.54) is 48.2 Å². The van der Waals surface area contributed by atoms with Crippen molar-refractivity contribution < 1.29 is 0 Å². The van der Waals surface area contributed by atoms with Crippen LogP contribution in [0.2, 0.25) is 0 Å². The maximum atomic E-state index is 5.09. The third-order valence-corrected chi connectivity index (χ3v) is 9.52. The predicted molar refractivity (Wildman–Crippen MR) is 207 cm³/mol. The summed E-state index contributed by atoms with van der Waals surface area (Å²) < 4.78 is 2.43. The second-order valence-corrected chi connectivity index (χ2v) is 12.2. The summed E-state index contributed by atoms with van der Waals surface area (Å²) in [5, 5.41) is 2.33. The van der Waals surface area contributed by atoms with Gasteiger partial charge in [-0.25, -0.2) is 15.0 Å². The van der Waals surface area contributed by atoms with Gasteiger partial charge < -0.3 is 0 Å². The molecule has 0 aliphatic rings. The molecule has 0 fully saturated rings. The standard InChI is InChI=1S/C43H41N3S/c1-9-15-19-30(12-4)41-44-42(31(13-5)20-16-10-2)46-43(45-41)36-26-25-34(40-39(36)35-21-17-18-22-38(35)47-40)32-24-23-29(8)37(27-32)33(14-6)28(7)11-3/h9-27H,1,5H2,2-4,6-8H3/b16-10-,19-15-,28-11-,30-12+,31-20+,33-14+. The molecule has 0 atom stereocenters. The van der Waals surface area contributed by atoms with Crippen molar-refractivity contribution in [2.24, 2.45) is 0 Å². The molecule has 2 aromatic heterocycles. The van der Waals surface area contributed by atoms with E-state index in [9.17, 15) is 0 Å². The third kappa shape index (κ3) is 6.70. The highest BCUT2D eigenvalue weighted by Crippen LogP contribution is 2.45. The lowest BCUT2D eigenvalue weighted by atomic mass is 9.90. The van der Waals surface area contributed by atoms with Crippen LogP contribution in [0.15, 0.2) is 134 Å². The highest BCUT2D eigenvalue weighted by molar-refractivity contribution is 7.26. The van der Waals surface area contributed by atoms with Crippen LogP contribution in [0.4, 0.5) is 0 Å². The summed E-state index contributed by atoms with van der Waals surface area (Å²) in [6, 6.07) is 19.8. The first kappa shape index (κ1) is 33.2. The monoisotopic (exact) mass is 631 g/mol. The van der Waals surface area contributed by atoms with Crippen LogP contribution in [-0.2, 0) is 0 Å². The summed E-state index contributed by atoms with van der Waals surface area (Å²) in [5.41, 5.74) is 10.1. The molecular weight excluding hydrogens is 591 g/mol. The molecular formula is C43H41N3S. The van der Waals surface area contributed by atoms with Crippen LogP contribution in [0, 0.1) is 6.92 Å². The minimum absolute atomic E-state index is 0.572. The van der Waals surface area contributed by atoms with Gasteiger partial charge >= 0.3 is 0 Å². The lowest BCUT2D eigenvalue weighted by Gasteiger charge is -2.15. The van der Waals surface area contributed by atoms with Crippen LogP contribution in [0.3, 0.4) is 0 Å². The molecule has 0 amide bonds. The second kappa shape index (κ2) is 14.9. The number of benzene rings is 3.